The molecule has 7 nitrogen and oxygen atoms in total. The van der Waals surface area contributed by atoms with Gasteiger partial charge in [-0.3, -0.25) is 9.69 Å². The number of terminal acetylenes is 1. The summed E-state index contributed by atoms with van der Waals surface area (Å²) in [7, 11) is -3.07. The maximum absolute atomic E-state index is 12.5. The highest BCUT2D eigenvalue weighted by Crippen LogP contribution is 2.37. The van der Waals surface area contributed by atoms with Crippen LogP contribution in [0.15, 0.2) is 12.1 Å². The van der Waals surface area contributed by atoms with Crippen LogP contribution in [0.5, 0.6) is 11.5 Å². The topological polar surface area (TPSA) is 84.9 Å². The number of sulfone groups is 1. The Balaban J connectivity index is 1.69. The molecular formula is C18H21ClN2O5S. The fourth-order valence-electron chi connectivity index (χ4n) is 3.15. The first-order valence-corrected chi connectivity index (χ1v) is 10.8. The predicted molar refractivity (Wildman–Crippen MR) is 103 cm³/mol. The summed E-state index contributed by atoms with van der Waals surface area (Å²) in [5.74, 6) is 3.37. The van der Waals surface area contributed by atoms with Crippen molar-refractivity contribution in [3.63, 3.8) is 0 Å². The Morgan fingerprint density at radius 1 is 1.33 bits per heavy atom. The Kier molecular flexibility index (Phi) is 6.15. The van der Waals surface area contributed by atoms with Gasteiger partial charge in [-0.15, -0.1) is 6.42 Å². The Bertz CT molecular complexity index is 865. The largest absolute Gasteiger partial charge is 0.490 e. The van der Waals surface area contributed by atoms with E-state index in [1.54, 1.807) is 17.0 Å². The number of carbonyl (C=O) groups excluding carboxylic acids is 1. The second kappa shape index (κ2) is 8.38. The number of anilines is 1. The predicted octanol–water partition coefficient (Wildman–Crippen LogP) is 1.56. The van der Waals surface area contributed by atoms with Crippen LogP contribution in [0.25, 0.3) is 0 Å². The Morgan fingerprint density at radius 3 is 2.67 bits per heavy atom. The molecule has 2 aliphatic rings. The quantitative estimate of drug-likeness (QED) is 0.739. The van der Waals surface area contributed by atoms with Crippen molar-refractivity contribution in [1.29, 1.82) is 0 Å². The summed E-state index contributed by atoms with van der Waals surface area (Å²) in [5, 5.41) is 3.08. The van der Waals surface area contributed by atoms with Gasteiger partial charge in [-0.1, -0.05) is 17.5 Å². The van der Waals surface area contributed by atoms with Crippen molar-refractivity contribution in [1.82, 2.24) is 4.90 Å². The molecule has 9 heteroatoms. The highest BCUT2D eigenvalue weighted by atomic mass is 35.5. The number of carbonyl (C=O) groups is 1. The van der Waals surface area contributed by atoms with Crippen LogP contribution < -0.4 is 14.8 Å². The lowest BCUT2D eigenvalue weighted by Gasteiger charge is -2.25. The molecule has 0 radical (unpaired) electrons. The van der Waals surface area contributed by atoms with Gasteiger partial charge in [0.05, 0.1) is 48.5 Å². The van der Waals surface area contributed by atoms with E-state index in [1.807, 2.05) is 0 Å². The summed E-state index contributed by atoms with van der Waals surface area (Å²) in [4.78, 5) is 14.2. The van der Waals surface area contributed by atoms with E-state index in [-0.39, 0.29) is 36.5 Å². The van der Waals surface area contributed by atoms with E-state index < -0.39 is 9.84 Å². The molecule has 1 N–H and O–H groups in total. The smallest absolute Gasteiger partial charge is 0.238 e. The molecular weight excluding hydrogens is 392 g/mol. The van der Waals surface area contributed by atoms with Gasteiger partial charge in [0.1, 0.15) is 0 Å². The molecule has 1 unspecified atom stereocenters. The van der Waals surface area contributed by atoms with Crippen LogP contribution in [0, 0.1) is 12.3 Å². The molecule has 2 heterocycles. The van der Waals surface area contributed by atoms with Gasteiger partial charge >= 0.3 is 0 Å². The fraction of sp³-hybridized carbons (Fsp3) is 0.500. The van der Waals surface area contributed by atoms with Crippen molar-refractivity contribution < 1.29 is 22.7 Å². The molecule has 0 spiro atoms. The molecule has 1 atom stereocenters. The zero-order valence-corrected chi connectivity index (χ0v) is 16.3. The third kappa shape index (κ3) is 5.06. The van der Waals surface area contributed by atoms with E-state index in [0.717, 1.165) is 6.42 Å². The molecule has 1 aromatic rings. The minimum atomic E-state index is -3.07. The van der Waals surface area contributed by atoms with E-state index in [9.17, 15) is 13.2 Å². The number of ether oxygens (including phenoxy) is 2. The van der Waals surface area contributed by atoms with E-state index >= 15 is 0 Å². The van der Waals surface area contributed by atoms with E-state index in [4.69, 9.17) is 27.5 Å². The molecule has 1 saturated heterocycles. The molecule has 0 bridgehead atoms. The average Bonchev–Trinajstić information content (AvgIpc) is 2.82. The zero-order chi connectivity index (χ0) is 19.4. The number of hydrogen-bond acceptors (Lipinski definition) is 6. The Hall–Kier alpha value is -1.95. The van der Waals surface area contributed by atoms with Gasteiger partial charge in [0.15, 0.2) is 21.3 Å². The highest BCUT2D eigenvalue weighted by molar-refractivity contribution is 7.91. The van der Waals surface area contributed by atoms with Crippen LogP contribution in [-0.4, -0.2) is 63.1 Å². The molecule has 0 saturated carbocycles. The second-order valence-electron chi connectivity index (χ2n) is 6.54. The van der Waals surface area contributed by atoms with Gasteiger partial charge in [-0.05, 0) is 6.42 Å². The molecule has 27 heavy (non-hydrogen) atoms. The standard InChI is InChI=1S/C18H21ClN2O5S/c1-2-5-21(13-4-8-27(23,24)12-13)11-18(22)20-15-10-17-16(9-14(15)19)25-6-3-7-26-17/h1,9-10,13H,3-8,11-12H2,(H,20,22). The number of benzene rings is 1. The van der Waals surface area contributed by atoms with Crippen LogP contribution in [0.4, 0.5) is 5.69 Å². The van der Waals surface area contributed by atoms with Crippen molar-refractivity contribution in [2.45, 2.75) is 18.9 Å². The first-order chi connectivity index (χ1) is 12.9. The van der Waals surface area contributed by atoms with Gasteiger partial charge < -0.3 is 14.8 Å². The van der Waals surface area contributed by atoms with Gasteiger partial charge in [0.25, 0.3) is 0 Å². The van der Waals surface area contributed by atoms with Crippen molar-refractivity contribution in [3.05, 3.63) is 17.2 Å². The normalized spacial score (nSPS) is 20.7. The Morgan fingerprint density at radius 2 is 2.04 bits per heavy atom. The maximum Gasteiger partial charge on any atom is 0.238 e. The highest BCUT2D eigenvalue weighted by Gasteiger charge is 2.32. The second-order valence-corrected chi connectivity index (χ2v) is 9.18. The summed E-state index contributed by atoms with van der Waals surface area (Å²) in [6, 6.07) is 2.99. The summed E-state index contributed by atoms with van der Waals surface area (Å²) >= 11 is 6.25. The number of amides is 1. The van der Waals surface area contributed by atoms with Crippen molar-refractivity contribution in [3.8, 4) is 23.8 Å². The molecule has 3 rings (SSSR count). The molecule has 0 aromatic heterocycles. The maximum atomic E-state index is 12.5. The van der Waals surface area contributed by atoms with Crippen molar-refractivity contribution >= 4 is 33.0 Å². The van der Waals surface area contributed by atoms with E-state index in [2.05, 4.69) is 11.2 Å². The zero-order valence-electron chi connectivity index (χ0n) is 14.7. The van der Waals surface area contributed by atoms with Gasteiger partial charge in [0, 0.05) is 24.6 Å². The monoisotopic (exact) mass is 412 g/mol. The summed E-state index contributed by atoms with van der Waals surface area (Å²) in [5.41, 5.74) is 0.408. The molecule has 1 fully saturated rings. The van der Waals surface area contributed by atoms with Gasteiger partial charge in [-0.25, -0.2) is 8.42 Å². The number of fused-ring (bicyclic) bond motifs is 1. The molecule has 1 amide bonds. The third-order valence-corrected chi connectivity index (χ3v) is 6.54. The van der Waals surface area contributed by atoms with Crippen LogP contribution in [0.3, 0.4) is 0 Å². The van der Waals surface area contributed by atoms with Crippen molar-refractivity contribution in [2.24, 2.45) is 0 Å². The van der Waals surface area contributed by atoms with Crippen LogP contribution >= 0.6 is 11.6 Å². The number of rotatable bonds is 5. The van der Waals surface area contributed by atoms with Crippen LogP contribution in [0.1, 0.15) is 12.8 Å². The molecule has 2 aliphatic heterocycles. The summed E-state index contributed by atoms with van der Waals surface area (Å²) in [6.07, 6.45) is 6.62. The minimum Gasteiger partial charge on any atom is -0.490 e. The number of halogens is 1. The fourth-order valence-corrected chi connectivity index (χ4v) is 5.11. The third-order valence-electron chi connectivity index (χ3n) is 4.48. The molecule has 0 aliphatic carbocycles. The SMILES string of the molecule is C#CCN(CC(=O)Nc1cc2c(cc1Cl)OCCCO2)C1CCS(=O)(=O)C1. The Labute approximate surface area is 163 Å². The average molecular weight is 413 g/mol. The minimum absolute atomic E-state index is 0.0187. The van der Waals surface area contributed by atoms with Gasteiger partial charge in [0.2, 0.25) is 5.91 Å². The first kappa shape index (κ1) is 19.8. The van der Waals surface area contributed by atoms with Crippen LogP contribution in [-0.2, 0) is 14.6 Å². The summed E-state index contributed by atoms with van der Waals surface area (Å²) < 4.78 is 34.6. The number of nitrogens with one attached hydrogen (secondary N) is 1. The lowest BCUT2D eigenvalue weighted by Crippen LogP contribution is -2.41. The van der Waals surface area contributed by atoms with Crippen molar-refractivity contribution in [2.75, 3.05) is 43.1 Å². The lowest BCUT2D eigenvalue weighted by atomic mass is 10.2. The summed E-state index contributed by atoms with van der Waals surface area (Å²) in [6.45, 7) is 1.24. The number of hydrogen-bond donors (Lipinski definition) is 1. The molecule has 146 valence electrons. The van der Waals surface area contributed by atoms with E-state index in [1.165, 1.54) is 0 Å². The number of nitrogens with zero attached hydrogens (tertiary/aromatic N) is 1. The first-order valence-electron chi connectivity index (χ1n) is 8.65. The van der Waals surface area contributed by atoms with Crippen LogP contribution in [0.2, 0.25) is 5.02 Å². The van der Waals surface area contributed by atoms with E-state index in [0.29, 0.717) is 41.8 Å². The lowest BCUT2D eigenvalue weighted by molar-refractivity contribution is -0.117. The molecule has 1 aromatic carbocycles. The van der Waals surface area contributed by atoms with Gasteiger partial charge in [-0.2, -0.15) is 0 Å².